The van der Waals surface area contributed by atoms with Gasteiger partial charge in [-0.15, -0.1) is 0 Å². The number of nitrogens with one attached hydrogen (secondary N) is 1. The third-order valence-corrected chi connectivity index (χ3v) is 5.58. The number of ether oxygens (including phenoxy) is 1. The van der Waals surface area contributed by atoms with Crippen LogP contribution in [0.3, 0.4) is 0 Å². The number of carbonyl (C=O) groups excluding carboxylic acids is 2. The summed E-state index contributed by atoms with van der Waals surface area (Å²) in [6.07, 6.45) is 4.36. The third-order valence-electron chi connectivity index (χ3n) is 5.58. The molecule has 9 heteroatoms. The summed E-state index contributed by atoms with van der Waals surface area (Å²) in [6.45, 7) is 1.30. The predicted molar refractivity (Wildman–Crippen MR) is 111 cm³/mol. The number of aryl methyl sites for hydroxylation is 1. The second-order valence-electron chi connectivity index (χ2n) is 7.79. The van der Waals surface area contributed by atoms with Gasteiger partial charge in [-0.1, -0.05) is 0 Å². The van der Waals surface area contributed by atoms with Crippen LogP contribution in [0.2, 0.25) is 0 Å². The fourth-order valence-electron chi connectivity index (χ4n) is 4.00. The van der Waals surface area contributed by atoms with Gasteiger partial charge in [0.1, 0.15) is 28.8 Å². The second kappa shape index (κ2) is 7.01. The van der Waals surface area contributed by atoms with Crippen molar-refractivity contribution in [2.24, 2.45) is 17.4 Å². The largest absolute Gasteiger partial charge is 0.491 e. The molecule has 2 aliphatic rings. The topological polar surface area (TPSA) is 138 Å². The molecule has 30 heavy (non-hydrogen) atoms. The maximum atomic E-state index is 11.9. The number of carbonyl (C=O) groups is 2. The van der Waals surface area contributed by atoms with Gasteiger partial charge >= 0.3 is 0 Å². The van der Waals surface area contributed by atoms with Crippen LogP contribution in [-0.4, -0.2) is 39.0 Å². The van der Waals surface area contributed by atoms with Gasteiger partial charge < -0.3 is 26.1 Å². The number of nitrogens with two attached hydrogens (primary N) is 2. The van der Waals surface area contributed by atoms with Crippen LogP contribution in [0.1, 0.15) is 29.8 Å². The molecule has 154 valence electrons. The SMILES string of the molecule is NC(=O)c1cc(-c2nc3cc(N[C@H](C(N)=O)C4CC4)cc4c3n2CCCO4)ccn1. The molecule has 3 aromatic rings. The van der Waals surface area contributed by atoms with Gasteiger partial charge in [0.05, 0.1) is 12.1 Å². The first kappa shape index (κ1) is 18.4. The van der Waals surface area contributed by atoms with Gasteiger partial charge in [0, 0.05) is 30.1 Å². The smallest absolute Gasteiger partial charge is 0.267 e. The lowest BCUT2D eigenvalue weighted by atomic mass is 10.1. The summed E-state index contributed by atoms with van der Waals surface area (Å²) in [5.41, 5.74) is 14.3. The highest BCUT2D eigenvalue weighted by molar-refractivity contribution is 5.93. The summed E-state index contributed by atoms with van der Waals surface area (Å²) < 4.78 is 8.08. The Morgan fingerprint density at radius 2 is 2.07 bits per heavy atom. The van der Waals surface area contributed by atoms with Crippen molar-refractivity contribution in [3.63, 3.8) is 0 Å². The summed E-state index contributed by atoms with van der Waals surface area (Å²) in [4.78, 5) is 32.3. The van der Waals surface area contributed by atoms with Crippen LogP contribution in [0, 0.1) is 5.92 Å². The number of benzene rings is 1. The van der Waals surface area contributed by atoms with E-state index in [1.165, 1.54) is 0 Å². The van der Waals surface area contributed by atoms with Crippen molar-refractivity contribution in [3.05, 3.63) is 36.2 Å². The number of hydrogen-bond donors (Lipinski definition) is 3. The molecule has 2 aromatic heterocycles. The number of amides is 2. The number of pyridine rings is 1. The molecule has 5 rings (SSSR count). The van der Waals surface area contributed by atoms with Gasteiger partial charge in [0.25, 0.3) is 5.91 Å². The Balaban J connectivity index is 1.62. The van der Waals surface area contributed by atoms with Gasteiger partial charge in [0.15, 0.2) is 0 Å². The zero-order valence-electron chi connectivity index (χ0n) is 16.3. The van der Waals surface area contributed by atoms with Crippen molar-refractivity contribution in [2.45, 2.75) is 31.8 Å². The summed E-state index contributed by atoms with van der Waals surface area (Å²) in [5.74, 6) is 0.751. The van der Waals surface area contributed by atoms with Gasteiger partial charge in [-0.3, -0.25) is 14.6 Å². The number of nitrogens with zero attached hydrogens (tertiary/aromatic N) is 3. The first-order valence-corrected chi connectivity index (χ1v) is 10.0. The summed E-state index contributed by atoms with van der Waals surface area (Å²) in [5, 5.41) is 3.27. The number of hydrogen-bond acceptors (Lipinski definition) is 6. The highest BCUT2D eigenvalue weighted by atomic mass is 16.5. The van der Waals surface area contributed by atoms with Crippen molar-refractivity contribution in [3.8, 4) is 17.1 Å². The second-order valence-corrected chi connectivity index (χ2v) is 7.79. The fourth-order valence-corrected chi connectivity index (χ4v) is 4.00. The lowest BCUT2D eigenvalue weighted by Gasteiger charge is -2.17. The standard InChI is InChI=1S/C21H22N6O3/c22-19(28)15-8-12(4-5-24-15)21-26-14-9-13(25-17(20(23)29)11-2-3-11)10-16-18(14)27(21)6-1-7-30-16/h4-5,8-11,17,25H,1-3,6-7H2,(H2,22,28)(H2,23,29)/t17-/m0/s1. The molecule has 0 radical (unpaired) electrons. The molecule has 0 saturated heterocycles. The maximum absolute atomic E-state index is 11.9. The Labute approximate surface area is 172 Å². The van der Waals surface area contributed by atoms with E-state index in [9.17, 15) is 9.59 Å². The Hall–Kier alpha value is -3.62. The number of imidazole rings is 1. The Morgan fingerprint density at radius 3 is 2.80 bits per heavy atom. The van der Waals surface area contributed by atoms with E-state index >= 15 is 0 Å². The summed E-state index contributed by atoms with van der Waals surface area (Å²) in [7, 11) is 0. The van der Waals surface area contributed by atoms with Crippen LogP contribution in [0.15, 0.2) is 30.5 Å². The van der Waals surface area contributed by atoms with E-state index in [1.54, 1.807) is 18.3 Å². The van der Waals surface area contributed by atoms with Crippen molar-refractivity contribution in [1.82, 2.24) is 14.5 Å². The zero-order chi connectivity index (χ0) is 20.8. The van der Waals surface area contributed by atoms with E-state index in [0.717, 1.165) is 48.1 Å². The average Bonchev–Trinajstić information content (AvgIpc) is 3.52. The molecular formula is C21H22N6O3. The summed E-state index contributed by atoms with van der Waals surface area (Å²) >= 11 is 0. The van der Waals surface area contributed by atoms with E-state index in [0.29, 0.717) is 18.2 Å². The molecule has 1 fully saturated rings. The minimum Gasteiger partial charge on any atom is -0.491 e. The molecule has 9 nitrogen and oxygen atoms in total. The van der Waals surface area contributed by atoms with Crippen molar-refractivity contribution < 1.29 is 14.3 Å². The van der Waals surface area contributed by atoms with E-state index in [1.807, 2.05) is 12.1 Å². The Morgan fingerprint density at radius 1 is 1.23 bits per heavy atom. The summed E-state index contributed by atoms with van der Waals surface area (Å²) in [6, 6.07) is 6.85. The number of primary amides is 2. The van der Waals surface area contributed by atoms with Gasteiger partial charge in [-0.25, -0.2) is 4.98 Å². The first-order chi connectivity index (χ1) is 14.5. The van der Waals surface area contributed by atoms with Crippen molar-refractivity contribution in [1.29, 1.82) is 0 Å². The monoisotopic (exact) mass is 406 g/mol. The highest BCUT2D eigenvalue weighted by Crippen LogP contribution is 2.38. The van der Waals surface area contributed by atoms with Crippen LogP contribution < -0.4 is 21.5 Å². The molecule has 3 heterocycles. The minimum atomic E-state index is -0.586. The van der Waals surface area contributed by atoms with E-state index in [2.05, 4.69) is 14.9 Å². The number of rotatable bonds is 6. The quantitative estimate of drug-likeness (QED) is 0.569. The minimum absolute atomic E-state index is 0.188. The molecule has 1 aromatic carbocycles. The van der Waals surface area contributed by atoms with Gasteiger partial charge in [-0.05, 0) is 43.4 Å². The van der Waals surface area contributed by atoms with Crippen molar-refractivity contribution >= 4 is 28.5 Å². The Kier molecular flexibility index (Phi) is 4.30. The van der Waals surface area contributed by atoms with Gasteiger partial charge in [0.2, 0.25) is 5.91 Å². The molecule has 2 amide bonds. The molecular weight excluding hydrogens is 384 g/mol. The first-order valence-electron chi connectivity index (χ1n) is 10.0. The lowest BCUT2D eigenvalue weighted by Crippen LogP contribution is -2.37. The average molecular weight is 406 g/mol. The molecule has 0 spiro atoms. The molecule has 1 aliphatic heterocycles. The number of anilines is 1. The normalized spacial score (nSPS) is 16.5. The molecule has 1 atom stereocenters. The molecule has 5 N–H and O–H groups in total. The molecule has 1 aliphatic carbocycles. The molecule has 0 unspecified atom stereocenters. The van der Waals surface area contributed by atoms with Crippen molar-refractivity contribution in [2.75, 3.05) is 11.9 Å². The van der Waals surface area contributed by atoms with Gasteiger partial charge in [-0.2, -0.15) is 0 Å². The van der Waals surface area contributed by atoms with E-state index in [-0.39, 0.29) is 17.5 Å². The fraction of sp³-hybridized carbons (Fsp3) is 0.333. The lowest BCUT2D eigenvalue weighted by molar-refractivity contribution is -0.119. The molecule has 0 bridgehead atoms. The van der Waals surface area contributed by atoms with Crippen LogP contribution in [-0.2, 0) is 11.3 Å². The van der Waals surface area contributed by atoms with Crippen LogP contribution in [0.25, 0.3) is 22.4 Å². The van der Waals surface area contributed by atoms with Crippen LogP contribution >= 0.6 is 0 Å². The molecule has 1 saturated carbocycles. The van der Waals surface area contributed by atoms with E-state index < -0.39 is 11.9 Å². The number of aromatic nitrogens is 3. The van der Waals surface area contributed by atoms with Crippen LogP contribution in [0.5, 0.6) is 5.75 Å². The zero-order valence-corrected chi connectivity index (χ0v) is 16.3. The maximum Gasteiger partial charge on any atom is 0.267 e. The highest BCUT2D eigenvalue weighted by Gasteiger charge is 2.35. The Bertz CT molecular complexity index is 1170. The predicted octanol–water partition coefficient (Wildman–Crippen LogP) is 1.66. The van der Waals surface area contributed by atoms with E-state index in [4.69, 9.17) is 21.2 Å². The third kappa shape index (κ3) is 3.22. The van der Waals surface area contributed by atoms with Crippen LogP contribution in [0.4, 0.5) is 5.69 Å².